The molecule has 0 spiro atoms. The van der Waals surface area contributed by atoms with E-state index in [-0.39, 0.29) is 0 Å². The molecule has 17 heavy (non-hydrogen) atoms. The summed E-state index contributed by atoms with van der Waals surface area (Å²) in [4.78, 5) is 0. The van der Waals surface area contributed by atoms with Crippen LogP contribution in [0.15, 0.2) is 22.7 Å². The molecule has 1 aromatic carbocycles. The molecule has 1 atom stereocenters. The molecule has 1 saturated heterocycles. The molecule has 1 unspecified atom stereocenters. The summed E-state index contributed by atoms with van der Waals surface area (Å²) in [6.45, 7) is 1.90. The lowest BCUT2D eigenvalue weighted by Crippen LogP contribution is -2.09. The fourth-order valence-corrected chi connectivity index (χ4v) is 2.62. The average Bonchev–Trinajstić information content (AvgIpc) is 2.82. The molecule has 1 aliphatic heterocycles. The summed E-state index contributed by atoms with van der Waals surface area (Å²) in [5, 5.41) is 4.15. The highest BCUT2D eigenvalue weighted by Gasteiger charge is 2.14. The predicted molar refractivity (Wildman–Crippen MR) is 75.8 cm³/mol. The first-order valence-electron chi connectivity index (χ1n) is 6.06. The van der Waals surface area contributed by atoms with Crippen LogP contribution in [0.25, 0.3) is 0 Å². The van der Waals surface area contributed by atoms with Crippen molar-refractivity contribution in [2.75, 3.05) is 18.5 Å². The van der Waals surface area contributed by atoms with Gasteiger partial charge in [0, 0.05) is 28.3 Å². The number of nitrogens with one attached hydrogen (secondary N) is 1. The van der Waals surface area contributed by atoms with E-state index in [1.165, 1.54) is 12.8 Å². The number of rotatable bonds is 5. The third-order valence-corrected chi connectivity index (χ3v) is 3.90. The van der Waals surface area contributed by atoms with Crippen molar-refractivity contribution >= 4 is 33.2 Å². The van der Waals surface area contributed by atoms with E-state index in [1.807, 2.05) is 18.2 Å². The smallest absolute Gasteiger partial charge is 0.0576 e. The minimum Gasteiger partial charge on any atom is -0.384 e. The van der Waals surface area contributed by atoms with Crippen molar-refractivity contribution in [2.45, 2.75) is 31.8 Å². The van der Waals surface area contributed by atoms with Crippen molar-refractivity contribution in [3.63, 3.8) is 0 Å². The largest absolute Gasteiger partial charge is 0.384 e. The lowest BCUT2D eigenvalue weighted by Gasteiger charge is -2.11. The first kappa shape index (κ1) is 13.2. The van der Waals surface area contributed by atoms with Crippen LogP contribution in [0.1, 0.15) is 25.7 Å². The Morgan fingerprint density at radius 2 is 2.35 bits per heavy atom. The maximum atomic E-state index is 5.95. The van der Waals surface area contributed by atoms with Gasteiger partial charge in [0.1, 0.15) is 0 Å². The van der Waals surface area contributed by atoms with Gasteiger partial charge < -0.3 is 10.1 Å². The molecule has 1 N–H and O–H groups in total. The highest BCUT2D eigenvalue weighted by molar-refractivity contribution is 9.10. The third-order valence-electron chi connectivity index (χ3n) is 2.97. The Labute approximate surface area is 116 Å². The maximum Gasteiger partial charge on any atom is 0.0576 e. The average molecular weight is 319 g/mol. The van der Waals surface area contributed by atoms with E-state index < -0.39 is 0 Å². The lowest BCUT2D eigenvalue weighted by molar-refractivity contribution is 0.103. The summed E-state index contributed by atoms with van der Waals surface area (Å²) in [7, 11) is 0. The van der Waals surface area contributed by atoms with Crippen LogP contribution in [0.5, 0.6) is 0 Å². The SMILES string of the molecule is Clc1ccc(Br)c(NCCCC2CCCO2)c1. The number of benzene rings is 1. The second kappa shape index (κ2) is 6.62. The number of hydrogen-bond donors (Lipinski definition) is 1. The predicted octanol–water partition coefficient (Wildman–Crippen LogP) is 4.47. The number of anilines is 1. The fourth-order valence-electron chi connectivity index (χ4n) is 2.06. The van der Waals surface area contributed by atoms with Crippen molar-refractivity contribution in [2.24, 2.45) is 0 Å². The molecule has 4 heteroatoms. The molecule has 94 valence electrons. The molecule has 2 rings (SSSR count). The topological polar surface area (TPSA) is 21.3 Å². The minimum absolute atomic E-state index is 0.486. The molecule has 0 aromatic heterocycles. The van der Waals surface area contributed by atoms with Gasteiger partial charge >= 0.3 is 0 Å². The van der Waals surface area contributed by atoms with E-state index in [0.717, 1.165) is 41.2 Å². The Bertz CT molecular complexity index is 366. The zero-order chi connectivity index (χ0) is 12.1. The molecule has 1 fully saturated rings. The standard InChI is InChI=1S/C13H17BrClNO/c14-12-6-5-10(15)9-13(12)16-7-1-3-11-4-2-8-17-11/h5-6,9,11,16H,1-4,7-8H2. The number of hydrogen-bond acceptors (Lipinski definition) is 2. The summed E-state index contributed by atoms with van der Waals surface area (Å²) < 4.78 is 6.64. The van der Waals surface area contributed by atoms with Gasteiger partial charge in [0.2, 0.25) is 0 Å². The van der Waals surface area contributed by atoms with Gasteiger partial charge in [-0.25, -0.2) is 0 Å². The Kier molecular flexibility index (Phi) is 5.14. The first-order chi connectivity index (χ1) is 8.25. The molecule has 0 aliphatic carbocycles. The van der Waals surface area contributed by atoms with E-state index in [1.54, 1.807) is 0 Å². The maximum absolute atomic E-state index is 5.95. The van der Waals surface area contributed by atoms with Gasteiger partial charge in [-0.05, 0) is 59.8 Å². The van der Waals surface area contributed by atoms with Crippen LogP contribution in [-0.4, -0.2) is 19.3 Å². The van der Waals surface area contributed by atoms with Gasteiger partial charge in [-0.2, -0.15) is 0 Å². The molecular weight excluding hydrogens is 302 g/mol. The summed E-state index contributed by atoms with van der Waals surface area (Å²) in [5.41, 5.74) is 1.06. The molecular formula is C13H17BrClNO. The van der Waals surface area contributed by atoms with Crippen LogP contribution >= 0.6 is 27.5 Å². The summed E-state index contributed by atoms with van der Waals surface area (Å²) in [6, 6.07) is 5.78. The van der Waals surface area contributed by atoms with Crippen LogP contribution in [0, 0.1) is 0 Å². The van der Waals surface area contributed by atoms with Gasteiger partial charge in [0.05, 0.1) is 6.10 Å². The van der Waals surface area contributed by atoms with Gasteiger partial charge in [-0.3, -0.25) is 0 Å². The first-order valence-corrected chi connectivity index (χ1v) is 7.23. The Morgan fingerprint density at radius 1 is 1.47 bits per heavy atom. The van der Waals surface area contributed by atoms with E-state index in [9.17, 15) is 0 Å². The molecule has 0 bridgehead atoms. The van der Waals surface area contributed by atoms with Crippen LogP contribution in [-0.2, 0) is 4.74 Å². The fraction of sp³-hybridized carbons (Fsp3) is 0.538. The normalized spacial score (nSPS) is 19.5. The van der Waals surface area contributed by atoms with Crippen molar-refractivity contribution < 1.29 is 4.74 Å². The number of ether oxygens (including phenoxy) is 1. The molecule has 0 saturated carbocycles. The van der Waals surface area contributed by atoms with Crippen LogP contribution in [0.3, 0.4) is 0 Å². The van der Waals surface area contributed by atoms with Crippen LogP contribution < -0.4 is 5.32 Å². The van der Waals surface area contributed by atoms with E-state index in [0.29, 0.717) is 6.10 Å². The molecule has 1 heterocycles. The van der Waals surface area contributed by atoms with E-state index in [2.05, 4.69) is 21.2 Å². The Balaban J connectivity index is 1.72. The molecule has 1 aliphatic rings. The zero-order valence-electron chi connectivity index (χ0n) is 9.72. The zero-order valence-corrected chi connectivity index (χ0v) is 12.1. The quantitative estimate of drug-likeness (QED) is 0.809. The van der Waals surface area contributed by atoms with Crippen LogP contribution in [0.4, 0.5) is 5.69 Å². The van der Waals surface area contributed by atoms with Gasteiger partial charge in [0.25, 0.3) is 0 Å². The monoisotopic (exact) mass is 317 g/mol. The lowest BCUT2D eigenvalue weighted by atomic mass is 10.1. The van der Waals surface area contributed by atoms with E-state index >= 15 is 0 Å². The summed E-state index contributed by atoms with van der Waals surface area (Å²) in [5.74, 6) is 0. The summed E-state index contributed by atoms with van der Waals surface area (Å²) >= 11 is 9.46. The molecule has 0 radical (unpaired) electrons. The third kappa shape index (κ3) is 4.16. The van der Waals surface area contributed by atoms with Gasteiger partial charge in [-0.1, -0.05) is 11.6 Å². The van der Waals surface area contributed by atoms with Crippen molar-refractivity contribution in [3.8, 4) is 0 Å². The molecule has 2 nitrogen and oxygen atoms in total. The second-order valence-electron chi connectivity index (χ2n) is 4.33. The number of halogens is 2. The van der Waals surface area contributed by atoms with Crippen molar-refractivity contribution in [1.29, 1.82) is 0 Å². The van der Waals surface area contributed by atoms with E-state index in [4.69, 9.17) is 16.3 Å². The minimum atomic E-state index is 0.486. The second-order valence-corrected chi connectivity index (χ2v) is 5.62. The Morgan fingerprint density at radius 3 is 3.12 bits per heavy atom. The van der Waals surface area contributed by atoms with Crippen LogP contribution in [0.2, 0.25) is 5.02 Å². The van der Waals surface area contributed by atoms with Crippen molar-refractivity contribution in [1.82, 2.24) is 0 Å². The highest BCUT2D eigenvalue weighted by Crippen LogP contribution is 2.26. The van der Waals surface area contributed by atoms with Gasteiger partial charge in [-0.15, -0.1) is 0 Å². The van der Waals surface area contributed by atoms with Gasteiger partial charge in [0.15, 0.2) is 0 Å². The summed E-state index contributed by atoms with van der Waals surface area (Å²) in [6.07, 6.45) is 5.20. The molecule has 0 amide bonds. The molecule has 1 aromatic rings. The Hall–Kier alpha value is -0.250. The van der Waals surface area contributed by atoms with Crippen molar-refractivity contribution in [3.05, 3.63) is 27.7 Å². The highest BCUT2D eigenvalue weighted by atomic mass is 79.9.